The SMILES string of the molecule is Cc1cc(Oc2[c-]c(C3=N[C@]4(C)Cc5c(ccc(C)c5C)[C@]4(C)O3)cc(-c3c(C(C)C)cccc3C(C)C)c2)[c-]c(N2c3ccc(C(C)(C)C)cc3C(C)(C)c3cccnc32)c1.[Pt+2]. The summed E-state index contributed by atoms with van der Waals surface area (Å²) >= 11 is 0. The summed E-state index contributed by atoms with van der Waals surface area (Å²) in [6.07, 6.45) is 2.70. The minimum absolute atomic E-state index is 0. The van der Waals surface area contributed by atoms with E-state index in [4.69, 9.17) is 19.5 Å². The van der Waals surface area contributed by atoms with Crippen molar-refractivity contribution in [2.24, 2.45) is 4.99 Å². The molecular formula is C57H61N3O2Pt. The summed E-state index contributed by atoms with van der Waals surface area (Å²) in [5, 5.41) is 0. The van der Waals surface area contributed by atoms with Gasteiger partial charge in [0.05, 0.1) is 5.54 Å². The third-order valence-corrected chi connectivity index (χ3v) is 14.2. The molecule has 3 aliphatic rings. The Hall–Kier alpha value is -4.99. The fourth-order valence-electron chi connectivity index (χ4n) is 10.2. The van der Waals surface area contributed by atoms with Crippen LogP contribution in [-0.2, 0) is 48.7 Å². The molecule has 6 aromatic rings. The van der Waals surface area contributed by atoms with E-state index in [9.17, 15) is 0 Å². The molecule has 0 saturated carbocycles. The molecule has 0 bridgehead atoms. The number of hydrogen-bond donors (Lipinski definition) is 0. The van der Waals surface area contributed by atoms with Crippen LogP contribution in [0.5, 0.6) is 11.5 Å². The van der Waals surface area contributed by atoms with Gasteiger partial charge >= 0.3 is 21.1 Å². The Morgan fingerprint density at radius 1 is 0.762 bits per heavy atom. The summed E-state index contributed by atoms with van der Waals surface area (Å²) in [6.45, 7) is 31.5. The molecule has 3 heterocycles. The first-order chi connectivity index (χ1) is 29.2. The quantitative estimate of drug-likeness (QED) is 0.150. The molecule has 6 heteroatoms. The van der Waals surface area contributed by atoms with Gasteiger partial charge in [0.15, 0.2) is 0 Å². The van der Waals surface area contributed by atoms with Crippen LogP contribution in [0.1, 0.15) is 149 Å². The van der Waals surface area contributed by atoms with Crippen LogP contribution in [-0.4, -0.2) is 16.4 Å². The second kappa shape index (κ2) is 15.6. The van der Waals surface area contributed by atoms with E-state index in [1.807, 2.05) is 12.3 Å². The maximum atomic E-state index is 7.11. The number of aliphatic imine (C=N–C) groups is 1. The number of ether oxygens (including phenoxy) is 2. The first-order valence-corrected chi connectivity index (χ1v) is 22.4. The molecule has 63 heavy (non-hydrogen) atoms. The van der Waals surface area contributed by atoms with Crippen molar-refractivity contribution in [2.45, 2.75) is 137 Å². The van der Waals surface area contributed by atoms with Crippen molar-refractivity contribution in [3.05, 3.63) is 164 Å². The Morgan fingerprint density at radius 2 is 1.46 bits per heavy atom. The zero-order valence-corrected chi connectivity index (χ0v) is 41.8. The van der Waals surface area contributed by atoms with E-state index in [0.29, 0.717) is 29.2 Å². The van der Waals surface area contributed by atoms with Gasteiger partial charge in [0.25, 0.3) is 0 Å². The zero-order chi connectivity index (χ0) is 44.3. The zero-order valence-electron chi connectivity index (χ0n) is 39.5. The Balaban J connectivity index is 0.00000544. The van der Waals surface area contributed by atoms with Crippen LogP contribution in [0.4, 0.5) is 17.2 Å². The van der Waals surface area contributed by atoms with Crippen molar-refractivity contribution >= 4 is 23.1 Å². The molecular weight excluding hydrogens is 954 g/mol. The predicted octanol–water partition coefficient (Wildman–Crippen LogP) is 14.7. The largest absolute Gasteiger partial charge is 2.00 e. The maximum absolute atomic E-state index is 7.11. The van der Waals surface area contributed by atoms with Gasteiger partial charge in [-0.25, -0.2) is 4.98 Å². The van der Waals surface area contributed by atoms with Crippen molar-refractivity contribution in [3.8, 4) is 22.6 Å². The molecule has 1 aliphatic carbocycles. The van der Waals surface area contributed by atoms with E-state index in [-0.39, 0.29) is 31.9 Å². The summed E-state index contributed by atoms with van der Waals surface area (Å²) < 4.78 is 14.1. The van der Waals surface area contributed by atoms with E-state index in [1.165, 1.54) is 55.6 Å². The van der Waals surface area contributed by atoms with Gasteiger partial charge < -0.3 is 14.4 Å². The first kappa shape index (κ1) is 44.6. The summed E-state index contributed by atoms with van der Waals surface area (Å²) in [4.78, 5) is 12.7. The van der Waals surface area contributed by atoms with Crippen LogP contribution in [0.25, 0.3) is 11.1 Å². The Kier molecular flexibility index (Phi) is 11.1. The number of aryl methyl sites for hydroxylation is 2. The van der Waals surface area contributed by atoms with Crippen molar-refractivity contribution in [1.29, 1.82) is 0 Å². The van der Waals surface area contributed by atoms with Gasteiger partial charge in [-0.15, -0.1) is 24.3 Å². The summed E-state index contributed by atoms with van der Waals surface area (Å²) in [5.74, 6) is 3.29. The molecule has 0 unspecified atom stereocenters. The molecule has 1 aromatic heterocycles. The molecule has 0 spiro atoms. The molecule has 5 nitrogen and oxygen atoms in total. The summed E-state index contributed by atoms with van der Waals surface area (Å²) in [7, 11) is 0. The smallest absolute Gasteiger partial charge is 0.508 e. The molecule has 0 amide bonds. The maximum Gasteiger partial charge on any atom is 2.00 e. The normalized spacial score (nSPS) is 19.5. The number of anilines is 3. The van der Waals surface area contributed by atoms with Crippen molar-refractivity contribution in [1.82, 2.24) is 4.98 Å². The van der Waals surface area contributed by atoms with Gasteiger partial charge in [0, 0.05) is 46.3 Å². The Bertz CT molecular complexity index is 2800. The minimum atomic E-state index is -0.615. The van der Waals surface area contributed by atoms with Gasteiger partial charge in [0.2, 0.25) is 0 Å². The van der Waals surface area contributed by atoms with Crippen LogP contribution in [0, 0.1) is 32.9 Å². The average molecular weight is 1020 g/mol. The summed E-state index contributed by atoms with van der Waals surface area (Å²) in [5.41, 5.74) is 16.2. The van der Waals surface area contributed by atoms with Gasteiger partial charge in [-0.2, -0.15) is 5.56 Å². The number of fused-ring (bicyclic) bond motifs is 5. The van der Waals surface area contributed by atoms with E-state index < -0.39 is 11.1 Å². The molecule has 326 valence electrons. The Labute approximate surface area is 390 Å². The molecule has 0 radical (unpaired) electrons. The molecule has 5 aromatic carbocycles. The number of rotatable bonds is 7. The molecule has 0 fully saturated rings. The first-order valence-electron chi connectivity index (χ1n) is 22.4. The average Bonchev–Trinajstić information content (AvgIpc) is 3.60. The van der Waals surface area contributed by atoms with Crippen LogP contribution in [0.2, 0.25) is 0 Å². The summed E-state index contributed by atoms with van der Waals surface area (Å²) in [6, 6.07) is 38.3. The van der Waals surface area contributed by atoms with Gasteiger partial charge in [-0.05, 0) is 102 Å². The van der Waals surface area contributed by atoms with Crippen LogP contribution in [0.3, 0.4) is 0 Å². The fraction of sp³-hybridized carbons (Fsp3) is 0.368. The van der Waals surface area contributed by atoms with Crippen molar-refractivity contribution in [2.75, 3.05) is 4.90 Å². The van der Waals surface area contributed by atoms with Crippen LogP contribution < -0.4 is 9.64 Å². The fourth-order valence-corrected chi connectivity index (χ4v) is 10.2. The molecule has 2 aliphatic heterocycles. The second-order valence-corrected chi connectivity index (χ2v) is 20.6. The monoisotopic (exact) mass is 1010 g/mol. The molecule has 0 N–H and O–H groups in total. The topological polar surface area (TPSA) is 47.0 Å². The standard InChI is InChI=1S/C57H61N3O2.Pt/c1-33(2)44-17-15-18-45(34(3)4)51(44)38-27-39(53-59-56(13)32-46-37(7)36(6)20-22-47(46)57(56,14)62-53)29-43(28-38)61-42-26-35(5)25-41(31-42)60-50-23-21-40(54(8,9)10)30-49(50)55(11,12)48-19-16-24-58-52(48)60;/h15-28,30,33-34H,32H2,1-14H3;/q-2;+2/t56-,57+;/m1./s1. The molecule has 2 atom stereocenters. The Morgan fingerprint density at radius 3 is 2.14 bits per heavy atom. The van der Waals surface area contributed by atoms with Gasteiger partial charge in [0.1, 0.15) is 17.3 Å². The third kappa shape index (κ3) is 7.27. The van der Waals surface area contributed by atoms with Crippen LogP contribution in [0.15, 0.2) is 96.1 Å². The number of benzene rings is 5. The number of hydrogen-bond acceptors (Lipinski definition) is 5. The predicted molar refractivity (Wildman–Crippen MR) is 255 cm³/mol. The molecule has 9 rings (SSSR count). The van der Waals surface area contributed by atoms with E-state index in [0.717, 1.165) is 40.3 Å². The van der Waals surface area contributed by atoms with Crippen LogP contribution >= 0.6 is 0 Å². The van der Waals surface area contributed by atoms with E-state index >= 15 is 0 Å². The number of nitrogens with zero attached hydrogens (tertiary/aromatic N) is 3. The number of pyridine rings is 1. The van der Waals surface area contributed by atoms with E-state index in [2.05, 4.69) is 193 Å². The third-order valence-electron chi connectivity index (χ3n) is 14.2. The van der Waals surface area contributed by atoms with Gasteiger partial charge in [-0.3, -0.25) is 4.99 Å². The van der Waals surface area contributed by atoms with E-state index in [1.54, 1.807) is 0 Å². The minimum Gasteiger partial charge on any atom is -0.508 e. The molecule has 0 saturated heterocycles. The van der Waals surface area contributed by atoms with Crippen molar-refractivity contribution < 1.29 is 30.5 Å². The number of aromatic nitrogens is 1. The second-order valence-electron chi connectivity index (χ2n) is 20.6. The van der Waals surface area contributed by atoms with Crippen molar-refractivity contribution in [3.63, 3.8) is 0 Å². The van der Waals surface area contributed by atoms with Gasteiger partial charge in [-0.1, -0.05) is 147 Å².